The number of halogens is 1. The van der Waals surface area contributed by atoms with E-state index >= 15 is 0 Å². The van der Waals surface area contributed by atoms with Gasteiger partial charge in [0.25, 0.3) is 5.91 Å². The molecule has 0 saturated carbocycles. The Morgan fingerprint density at radius 3 is 2.50 bits per heavy atom. The van der Waals surface area contributed by atoms with Crippen LogP contribution in [0.25, 0.3) is 0 Å². The van der Waals surface area contributed by atoms with E-state index in [9.17, 15) is 4.79 Å². The molecular weight excluding hydrogens is 246 g/mol. The van der Waals surface area contributed by atoms with E-state index in [2.05, 4.69) is 27.7 Å². The minimum absolute atomic E-state index is 0.0457. The topological polar surface area (TPSA) is 20.3 Å². The maximum atomic E-state index is 12.4. The fourth-order valence-electron chi connectivity index (χ4n) is 1.75. The molecule has 0 saturated heterocycles. The number of hydrogen-bond acceptors (Lipinski definition) is 1. The Bertz CT molecular complexity index is 423. The summed E-state index contributed by atoms with van der Waals surface area (Å²) in [6, 6.07) is 7.67. The van der Waals surface area contributed by atoms with Crippen LogP contribution >= 0.6 is 11.6 Å². The molecule has 0 aliphatic rings. The number of benzene rings is 1. The van der Waals surface area contributed by atoms with Gasteiger partial charge in [-0.3, -0.25) is 4.79 Å². The van der Waals surface area contributed by atoms with Crippen LogP contribution in [0.2, 0.25) is 0 Å². The highest BCUT2D eigenvalue weighted by Crippen LogP contribution is 2.24. The zero-order valence-electron chi connectivity index (χ0n) is 11.8. The number of carbonyl (C=O) groups excluding carboxylic acids is 1. The summed E-state index contributed by atoms with van der Waals surface area (Å²) in [6.45, 7) is 8.48. The largest absolute Gasteiger partial charge is 0.338 e. The lowest BCUT2D eigenvalue weighted by Gasteiger charge is -2.35. The molecule has 0 spiro atoms. The highest BCUT2D eigenvalue weighted by Gasteiger charge is 2.27. The molecular formula is C15H22ClNO. The van der Waals surface area contributed by atoms with Gasteiger partial charge in [0.1, 0.15) is 0 Å². The lowest BCUT2D eigenvalue weighted by molar-refractivity contribution is 0.0629. The summed E-state index contributed by atoms with van der Waals surface area (Å²) >= 11 is 5.79. The second-order valence-corrected chi connectivity index (χ2v) is 6.06. The van der Waals surface area contributed by atoms with Crippen molar-refractivity contribution in [2.75, 3.05) is 7.05 Å². The zero-order chi connectivity index (χ0) is 13.9. The molecule has 1 aromatic rings. The van der Waals surface area contributed by atoms with Gasteiger partial charge in [0, 0.05) is 24.5 Å². The quantitative estimate of drug-likeness (QED) is 0.760. The first-order valence-electron chi connectivity index (χ1n) is 6.19. The summed E-state index contributed by atoms with van der Waals surface area (Å²) in [5.74, 6) is 0.476. The minimum atomic E-state index is 0.0457. The second-order valence-electron chi connectivity index (χ2n) is 5.79. The molecule has 0 aliphatic carbocycles. The molecule has 0 heterocycles. The molecule has 1 rings (SSSR count). The number of carbonyl (C=O) groups is 1. The minimum Gasteiger partial charge on any atom is -0.338 e. The Labute approximate surface area is 115 Å². The number of amides is 1. The van der Waals surface area contributed by atoms with Gasteiger partial charge in [-0.15, -0.1) is 11.6 Å². The molecule has 1 atom stereocenters. The van der Waals surface area contributed by atoms with Crippen LogP contribution in [-0.2, 0) is 5.88 Å². The van der Waals surface area contributed by atoms with Gasteiger partial charge in [-0.25, -0.2) is 0 Å². The third-order valence-corrected chi connectivity index (χ3v) is 3.79. The molecule has 100 valence electrons. The van der Waals surface area contributed by atoms with Crippen LogP contribution in [0.1, 0.15) is 43.6 Å². The van der Waals surface area contributed by atoms with Crippen LogP contribution in [0, 0.1) is 5.41 Å². The van der Waals surface area contributed by atoms with E-state index in [4.69, 9.17) is 11.6 Å². The van der Waals surface area contributed by atoms with Gasteiger partial charge in [0.15, 0.2) is 0 Å². The van der Waals surface area contributed by atoms with Crippen molar-refractivity contribution in [1.82, 2.24) is 4.90 Å². The van der Waals surface area contributed by atoms with Crippen molar-refractivity contribution in [2.45, 2.75) is 39.6 Å². The summed E-state index contributed by atoms with van der Waals surface area (Å²) in [5.41, 5.74) is 1.74. The molecule has 3 heteroatoms. The van der Waals surface area contributed by atoms with Crippen LogP contribution in [0.4, 0.5) is 0 Å². The van der Waals surface area contributed by atoms with E-state index in [1.54, 1.807) is 4.90 Å². The summed E-state index contributed by atoms with van der Waals surface area (Å²) in [5, 5.41) is 0. The first kappa shape index (κ1) is 15.0. The predicted molar refractivity (Wildman–Crippen MR) is 77.0 cm³/mol. The average Bonchev–Trinajstić information content (AvgIpc) is 2.35. The first-order chi connectivity index (χ1) is 8.27. The molecule has 0 N–H and O–H groups in total. The Morgan fingerprint density at radius 2 is 2.00 bits per heavy atom. The first-order valence-corrected chi connectivity index (χ1v) is 6.73. The van der Waals surface area contributed by atoms with Gasteiger partial charge in [0.2, 0.25) is 0 Å². The van der Waals surface area contributed by atoms with Gasteiger partial charge < -0.3 is 4.90 Å². The van der Waals surface area contributed by atoms with Crippen LogP contribution < -0.4 is 0 Å². The predicted octanol–water partition coefficient (Wildman–Crippen LogP) is 3.93. The van der Waals surface area contributed by atoms with Crippen molar-refractivity contribution >= 4 is 17.5 Å². The number of rotatable bonds is 3. The smallest absolute Gasteiger partial charge is 0.253 e. The SMILES string of the molecule is CC(N(C)C(=O)c1cccc(CCl)c1)C(C)(C)C. The third-order valence-electron chi connectivity index (χ3n) is 3.48. The van der Waals surface area contributed by atoms with E-state index in [1.165, 1.54) is 0 Å². The number of hydrogen-bond donors (Lipinski definition) is 0. The zero-order valence-corrected chi connectivity index (χ0v) is 12.6. The maximum Gasteiger partial charge on any atom is 0.253 e. The fraction of sp³-hybridized carbons (Fsp3) is 0.533. The Balaban J connectivity index is 2.93. The summed E-state index contributed by atoms with van der Waals surface area (Å²) < 4.78 is 0. The number of nitrogens with zero attached hydrogens (tertiary/aromatic N) is 1. The Kier molecular flexibility index (Phi) is 4.80. The second kappa shape index (κ2) is 5.75. The summed E-state index contributed by atoms with van der Waals surface area (Å²) in [6.07, 6.45) is 0. The molecule has 0 bridgehead atoms. The van der Waals surface area contributed by atoms with Crippen LogP contribution in [0.5, 0.6) is 0 Å². The molecule has 2 nitrogen and oxygen atoms in total. The van der Waals surface area contributed by atoms with E-state index in [1.807, 2.05) is 31.3 Å². The summed E-state index contributed by atoms with van der Waals surface area (Å²) in [7, 11) is 1.85. The molecule has 0 fully saturated rings. The van der Waals surface area contributed by atoms with E-state index in [-0.39, 0.29) is 17.4 Å². The van der Waals surface area contributed by atoms with Crippen LogP contribution in [0.15, 0.2) is 24.3 Å². The highest BCUT2D eigenvalue weighted by atomic mass is 35.5. The standard InChI is InChI=1S/C15H22ClNO/c1-11(15(2,3)4)17(5)14(18)13-8-6-7-12(9-13)10-16/h6-9,11H,10H2,1-5H3. The van der Waals surface area contributed by atoms with Gasteiger partial charge in [-0.1, -0.05) is 32.9 Å². The van der Waals surface area contributed by atoms with Crippen LogP contribution in [0.3, 0.4) is 0 Å². The van der Waals surface area contributed by atoms with E-state index in [0.29, 0.717) is 11.4 Å². The maximum absolute atomic E-state index is 12.4. The molecule has 1 aromatic carbocycles. The molecule has 18 heavy (non-hydrogen) atoms. The van der Waals surface area contributed by atoms with E-state index in [0.717, 1.165) is 5.56 Å². The molecule has 0 aromatic heterocycles. The average molecular weight is 268 g/mol. The van der Waals surface area contributed by atoms with E-state index < -0.39 is 0 Å². The van der Waals surface area contributed by atoms with Gasteiger partial charge >= 0.3 is 0 Å². The Hall–Kier alpha value is -1.02. The highest BCUT2D eigenvalue weighted by molar-refractivity contribution is 6.17. The van der Waals surface area contributed by atoms with Gasteiger partial charge in [0.05, 0.1) is 0 Å². The van der Waals surface area contributed by atoms with Crippen molar-refractivity contribution in [3.8, 4) is 0 Å². The number of alkyl halides is 1. The van der Waals surface area contributed by atoms with Gasteiger partial charge in [-0.05, 0) is 30.0 Å². The molecule has 0 radical (unpaired) electrons. The molecule has 0 aliphatic heterocycles. The van der Waals surface area contributed by atoms with Crippen molar-refractivity contribution in [3.05, 3.63) is 35.4 Å². The third kappa shape index (κ3) is 3.49. The molecule has 1 unspecified atom stereocenters. The monoisotopic (exact) mass is 267 g/mol. The normalized spacial score (nSPS) is 13.2. The van der Waals surface area contributed by atoms with Crippen molar-refractivity contribution in [3.63, 3.8) is 0 Å². The van der Waals surface area contributed by atoms with Crippen molar-refractivity contribution < 1.29 is 4.79 Å². The van der Waals surface area contributed by atoms with Crippen molar-refractivity contribution in [2.24, 2.45) is 5.41 Å². The lowest BCUT2D eigenvalue weighted by Crippen LogP contribution is -2.42. The fourth-order valence-corrected chi connectivity index (χ4v) is 1.91. The van der Waals surface area contributed by atoms with Crippen LogP contribution in [-0.4, -0.2) is 23.9 Å². The molecule has 1 amide bonds. The van der Waals surface area contributed by atoms with Crippen molar-refractivity contribution in [1.29, 1.82) is 0 Å². The van der Waals surface area contributed by atoms with Gasteiger partial charge in [-0.2, -0.15) is 0 Å². The Morgan fingerprint density at radius 1 is 1.39 bits per heavy atom. The summed E-state index contributed by atoms with van der Waals surface area (Å²) in [4.78, 5) is 14.2. The lowest BCUT2D eigenvalue weighted by atomic mass is 9.87.